The van der Waals surface area contributed by atoms with Crippen LogP contribution >= 0.6 is 0 Å². The maximum atomic E-state index is 12.5. The first kappa shape index (κ1) is 69.6. The topological polar surface area (TPSA) is 95.9 Å². The van der Waals surface area contributed by atoms with Crippen molar-refractivity contribution >= 4 is 11.9 Å². The van der Waals surface area contributed by atoms with Crippen LogP contribution in [0.5, 0.6) is 0 Å². The van der Waals surface area contributed by atoms with Gasteiger partial charge in [0.05, 0.1) is 25.4 Å². The molecule has 0 aliphatic heterocycles. The number of aliphatic hydroxyl groups is 2. The summed E-state index contributed by atoms with van der Waals surface area (Å²) in [5.41, 5.74) is 0. The van der Waals surface area contributed by atoms with Gasteiger partial charge in [-0.2, -0.15) is 0 Å². The Hall–Kier alpha value is -1.40. The highest BCUT2D eigenvalue weighted by atomic mass is 16.5. The van der Waals surface area contributed by atoms with E-state index in [4.69, 9.17) is 4.74 Å². The van der Waals surface area contributed by atoms with Crippen LogP contribution in [-0.2, 0) is 14.3 Å². The van der Waals surface area contributed by atoms with Crippen molar-refractivity contribution in [3.05, 3.63) is 12.2 Å². The molecule has 3 N–H and O–H groups in total. The summed E-state index contributed by atoms with van der Waals surface area (Å²) < 4.78 is 5.47. The van der Waals surface area contributed by atoms with Gasteiger partial charge in [0.2, 0.25) is 5.91 Å². The lowest BCUT2D eigenvalue weighted by Gasteiger charge is -2.22. The predicted molar refractivity (Wildman–Crippen MR) is 310 cm³/mol. The van der Waals surface area contributed by atoms with Gasteiger partial charge in [-0.1, -0.05) is 321 Å². The van der Waals surface area contributed by atoms with E-state index >= 15 is 0 Å². The Kier molecular flexibility index (Phi) is 59.9. The number of ether oxygens (including phenoxy) is 1. The van der Waals surface area contributed by atoms with Crippen molar-refractivity contribution in [3.8, 4) is 0 Å². The molecular formula is C65H127NO5. The number of amides is 1. The highest BCUT2D eigenvalue weighted by molar-refractivity contribution is 5.76. The van der Waals surface area contributed by atoms with Crippen molar-refractivity contribution < 1.29 is 24.5 Å². The van der Waals surface area contributed by atoms with Gasteiger partial charge in [-0.3, -0.25) is 9.59 Å². The predicted octanol–water partition coefficient (Wildman–Crippen LogP) is 20.4. The third-order valence-corrected chi connectivity index (χ3v) is 15.3. The van der Waals surface area contributed by atoms with E-state index in [0.29, 0.717) is 25.9 Å². The zero-order valence-corrected chi connectivity index (χ0v) is 48.2. The lowest BCUT2D eigenvalue weighted by Crippen LogP contribution is -2.45. The summed E-state index contributed by atoms with van der Waals surface area (Å²) >= 11 is 0. The van der Waals surface area contributed by atoms with E-state index in [1.807, 2.05) is 0 Å². The number of hydrogen-bond acceptors (Lipinski definition) is 5. The van der Waals surface area contributed by atoms with Crippen molar-refractivity contribution in [2.24, 2.45) is 0 Å². The molecule has 71 heavy (non-hydrogen) atoms. The number of hydrogen-bond donors (Lipinski definition) is 3. The van der Waals surface area contributed by atoms with Crippen molar-refractivity contribution in [1.29, 1.82) is 0 Å². The molecule has 0 heterocycles. The van der Waals surface area contributed by atoms with Gasteiger partial charge in [0.1, 0.15) is 0 Å². The molecule has 0 rings (SSSR count). The van der Waals surface area contributed by atoms with E-state index in [9.17, 15) is 19.8 Å². The molecule has 2 unspecified atom stereocenters. The lowest BCUT2D eigenvalue weighted by molar-refractivity contribution is -0.143. The third kappa shape index (κ3) is 57.7. The fourth-order valence-electron chi connectivity index (χ4n) is 10.3. The van der Waals surface area contributed by atoms with E-state index in [-0.39, 0.29) is 18.5 Å². The number of rotatable bonds is 61. The molecule has 6 heteroatoms. The van der Waals surface area contributed by atoms with Crippen molar-refractivity contribution in [2.45, 2.75) is 379 Å². The Morgan fingerprint density at radius 1 is 0.380 bits per heavy atom. The van der Waals surface area contributed by atoms with Crippen LogP contribution in [0.15, 0.2) is 12.2 Å². The molecule has 0 saturated heterocycles. The van der Waals surface area contributed by atoms with Crippen molar-refractivity contribution in [2.75, 3.05) is 13.2 Å². The Morgan fingerprint density at radius 2 is 0.676 bits per heavy atom. The molecule has 0 fully saturated rings. The highest BCUT2D eigenvalue weighted by Crippen LogP contribution is 2.19. The normalized spacial score (nSPS) is 12.6. The van der Waals surface area contributed by atoms with Gasteiger partial charge in [0, 0.05) is 12.8 Å². The van der Waals surface area contributed by atoms with E-state index in [1.165, 1.54) is 289 Å². The van der Waals surface area contributed by atoms with Crippen LogP contribution in [0.1, 0.15) is 367 Å². The van der Waals surface area contributed by atoms with Crippen LogP contribution in [0.3, 0.4) is 0 Å². The average molecular weight is 1000 g/mol. The fourth-order valence-corrected chi connectivity index (χ4v) is 10.3. The number of esters is 1. The Bertz CT molecular complexity index is 1060. The Morgan fingerprint density at radius 3 is 1.04 bits per heavy atom. The second-order valence-electron chi connectivity index (χ2n) is 22.5. The highest BCUT2D eigenvalue weighted by Gasteiger charge is 2.20. The maximum absolute atomic E-state index is 12.5. The summed E-state index contributed by atoms with van der Waals surface area (Å²) in [6.45, 7) is 4.94. The molecule has 2 atom stereocenters. The van der Waals surface area contributed by atoms with Crippen LogP contribution in [0.2, 0.25) is 0 Å². The van der Waals surface area contributed by atoms with Crippen LogP contribution in [-0.4, -0.2) is 47.4 Å². The molecule has 0 radical (unpaired) electrons. The van der Waals surface area contributed by atoms with Gasteiger partial charge < -0.3 is 20.3 Å². The second kappa shape index (κ2) is 61.1. The van der Waals surface area contributed by atoms with Gasteiger partial charge in [-0.05, 0) is 44.9 Å². The summed E-state index contributed by atoms with van der Waals surface area (Å²) in [5, 5.41) is 23.2. The summed E-state index contributed by atoms with van der Waals surface area (Å²) in [4.78, 5) is 24.5. The molecule has 0 spiro atoms. The molecule has 1 amide bonds. The molecular weight excluding hydrogens is 875 g/mol. The molecule has 422 valence electrons. The zero-order valence-electron chi connectivity index (χ0n) is 48.2. The molecule has 0 saturated carbocycles. The first-order valence-electron chi connectivity index (χ1n) is 32.4. The number of aliphatic hydroxyl groups excluding tert-OH is 2. The summed E-state index contributed by atoms with van der Waals surface area (Å²) in [5.74, 6) is -0.0193. The molecule has 6 nitrogen and oxygen atoms in total. The largest absolute Gasteiger partial charge is 0.466 e. The van der Waals surface area contributed by atoms with Crippen LogP contribution in [0.4, 0.5) is 0 Å². The summed E-state index contributed by atoms with van der Waals surface area (Å²) in [6, 6.07) is -0.536. The minimum absolute atomic E-state index is 0.00997. The minimum atomic E-state index is -0.659. The van der Waals surface area contributed by atoms with Crippen molar-refractivity contribution in [3.63, 3.8) is 0 Å². The fraction of sp³-hybridized carbons (Fsp3) is 0.938. The lowest BCUT2D eigenvalue weighted by atomic mass is 10.0. The van der Waals surface area contributed by atoms with E-state index < -0.39 is 12.1 Å². The smallest absolute Gasteiger partial charge is 0.305 e. The second-order valence-corrected chi connectivity index (χ2v) is 22.5. The quantitative estimate of drug-likeness (QED) is 0.0320. The molecule has 0 aliphatic carbocycles. The summed E-state index contributed by atoms with van der Waals surface area (Å²) in [7, 11) is 0. The SMILES string of the molecule is CCCC/C=C\CCCCCCCC(=O)OCCCCCCCCCCCCCCCCCCCCCCCCCCCCCCCCCC(=O)NC(CO)C(O)CCCCCCCCCCCCCC. The first-order chi connectivity index (χ1) is 35.0. The number of unbranched alkanes of at least 4 members (excludes halogenated alkanes) is 48. The molecule has 0 aromatic rings. The van der Waals surface area contributed by atoms with Gasteiger partial charge in [-0.25, -0.2) is 0 Å². The van der Waals surface area contributed by atoms with Gasteiger partial charge in [0.25, 0.3) is 0 Å². The molecule has 0 bridgehead atoms. The number of allylic oxidation sites excluding steroid dienone is 2. The summed E-state index contributed by atoms with van der Waals surface area (Å²) in [6.07, 6.45) is 74.0. The van der Waals surface area contributed by atoms with Crippen molar-refractivity contribution in [1.82, 2.24) is 5.32 Å². The van der Waals surface area contributed by atoms with Crippen LogP contribution in [0.25, 0.3) is 0 Å². The number of carbonyl (C=O) groups is 2. The van der Waals surface area contributed by atoms with E-state index in [0.717, 1.165) is 44.9 Å². The first-order valence-corrected chi connectivity index (χ1v) is 32.4. The van der Waals surface area contributed by atoms with Crippen LogP contribution in [0, 0.1) is 0 Å². The van der Waals surface area contributed by atoms with E-state index in [2.05, 4.69) is 31.3 Å². The molecule has 0 aromatic carbocycles. The average Bonchev–Trinajstić information content (AvgIpc) is 3.37. The maximum Gasteiger partial charge on any atom is 0.305 e. The molecule has 0 aromatic heterocycles. The Labute approximate surface area is 444 Å². The standard InChI is InChI=1S/C65H127NO5/c1-3-5-7-9-11-13-15-38-41-45-49-53-57-63(68)62(61-67)66-64(69)58-54-50-46-42-39-35-33-31-29-27-25-23-21-19-17-16-18-20-22-24-26-28-30-32-34-36-40-44-48-52-56-60-71-65(70)59-55-51-47-43-37-14-12-10-8-6-4-2/h10,12,62-63,67-68H,3-9,11,13-61H2,1-2H3,(H,66,69)/b12-10-. The van der Waals surface area contributed by atoms with Gasteiger partial charge in [-0.15, -0.1) is 0 Å². The number of nitrogens with one attached hydrogen (secondary N) is 1. The zero-order chi connectivity index (χ0) is 51.4. The van der Waals surface area contributed by atoms with E-state index in [1.54, 1.807) is 0 Å². The van der Waals surface area contributed by atoms with Crippen LogP contribution < -0.4 is 5.32 Å². The monoisotopic (exact) mass is 1000 g/mol. The molecule has 0 aliphatic rings. The number of carbonyl (C=O) groups excluding carboxylic acids is 2. The minimum Gasteiger partial charge on any atom is -0.466 e. The Balaban J connectivity index is 3.30. The van der Waals surface area contributed by atoms with Gasteiger partial charge in [0.15, 0.2) is 0 Å². The van der Waals surface area contributed by atoms with Gasteiger partial charge >= 0.3 is 5.97 Å². The third-order valence-electron chi connectivity index (χ3n) is 15.3.